The predicted molar refractivity (Wildman–Crippen MR) is 99.4 cm³/mol. The van der Waals surface area contributed by atoms with Gasteiger partial charge in [0.15, 0.2) is 5.12 Å². The Morgan fingerprint density at radius 2 is 1.88 bits per heavy atom. The van der Waals surface area contributed by atoms with E-state index in [-0.39, 0.29) is 5.12 Å². The van der Waals surface area contributed by atoms with Gasteiger partial charge in [-0.2, -0.15) is 11.8 Å². The molecule has 0 fully saturated rings. The molecule has 24 heavy (non-hydrogen) atoms. The molecule has 0 heterocycles. The molecule has 1 amide bonds. The first-order chi connectivity index (χ1) is 11.3. The lowest BCUT2D eigenvalue weighted by molar-refractivity contribution is -0.142. The summed E-state index contributed by atoms with van der Waals surface area (Å²) < 4.78 is -1.06. The molecule has 0 bridgehead atoms. The topological polar surface area (TPSA) is 83.5 Å². The van der Waals surface area contributed by atoms with Crippen molar-refractivity contribution in [1.82, 2.24) is 5.32 Å². The zero-order valence-corrected chi connectivity index (χ0v) is 15.7. The first kappa shape index (κ1) is 20.6. The summed E-state index contributed by atoms with van der Waals surface area (Å²) in [5.41, 5.74) is 0.917. The molecule has 0 aromatic heterocycles. The number of carbonyl (C=O) groups excluding carboxylic acids is 2. The van der Waals surface area contributed by atoms with Crippen LogP contribution in [0.1, 0.15) is 25.8 Å². The minimum absolute atomic E-state index is 0.181. The highest BCUT2D eigenvalue weighted by molar-refractivity contribution is 8.15. The highest BCUT2D eigenvalue weighted by atomic mass is 32.2. The number of rotatable bonds is 9. The zero-order chi connectivity index (χ0) is 18.2. The highest BCUT2D eigenvalue weighted by Gasteiger charge is 2.37. The van der Waals surface area contributed by atoms with Crippen LogP contribution in [0.2, 0.25) is 0 Å². The van der Waals surface area contributed by atoms with E-state index in [0.717, 1.165) is 17.3 Å². The third kappa shape index (κ3) is 6.57. The van der Waals surface area contributed by atoms with E-state index >= 15 is 0 Å². The number of hydrogen-bond acceptors (Lipinski definition) is 5. The van der Waals surface area contributed by atoms with Gasteiger partial charge < -0.3 is 10.4 Å². The van der Waals surface area contributed by atoms with Gasteiger partial charge in [-0.25, -0.2) is 4.79 Å². The van der Waals surface area contributed by atoms with Crippen LogP contribution >= 0.6 is 23.5 Å². The smallest absolute Gasteiger partial charge is 0.326 e. The maximum Gasteiger partial charge on any atom is 0.326 e. The Morgan fingerprint density at radius 1 is 1.25 bits per heavy atom. The van der Waals surface area contributed by atoms with Crippen LogP contribution in [0.25, 0.3) is 0 Å². The molecule has 0 aliphatic carbocycles. The third-order valence-electron chi connectivity index (χ3n) is 3.45. The number of hydrogen-bond donors (Lipinski definition) is 2. The van der Waals surface area contributed by atoms with Crippen LogP contribution in [0.5, 0.6) is 0 Å². The Hall–Kier alpha value is -1.47. The third-order valence-corrected chi connectivity index (χ3v) is 5.16. The van der Waals surface area contributed by atoms with E-state index in [1.807, 2.05) is 36.6 Å². The van der Waals surface area contributed by atoms with Crippen molar-refractivity contribution < 1.29 is 19.5 Å². The summed E-state index contributed by atoms with van der Waals surface area (Å²) in [5, 5.41) is 11.7. The average molecular weight is 370 g/mol. The van der Waals surface area contributed by atoms with Gasteiger partial charge in [0.2, 0.25) is 5.91 Å². The normalized spacial score (nSPS) is 14.5. The lowest BCUT2D eigenvalue weighted by Crippen LogP contribution is -2.51. The molecule has 0 spiro atoms. The van der Waals surface area contributed by atoms with Crippen LogP contribution in [0.3, 0.4) is 0 Å². The van der Waals surface area contributed by atoms with Crippen molar-refractivity contribution in [3.8, 4) is 0 Å². The Bertz CT molecular complexity index is 579. The Labute approximate surface area is 151 Å². The molecule has 1 aromatic carbocycles. The first-order valence-corrected chi connectivity index (χ1v) is 9.75. The van der Waals surface area contributed by atoms with E-state index in [2.05, 4.69) is 5.32 Å². The number of carboxylic acid groups (broad SMARTS) is 1. The second-order valence-corrected chi connectivity index (χ2v) is 8.30. The molecule has 132 valence electrons. The fourth-order valence-electron chi connectivity index (χ4n) is 2.27. The summed E-state index contributed by atoms with van der Waals surface area (Å²) in [4.78, 5) is 35.7. The van der Waals surface area contributed by atoms with Gasteiger partial charge in [-0.1, -0.05) is 42.1 Å². The molecule has 0 saturated carbocycles. The van der Waals surface area contributed by atoms with Gasteiger partial charge in [0.1, 0.15) is 10.8 Å². The summed E-state index contributed by atoms with van der Waals surface area (Å²) in [7, 11) is 0. The quantitative estimate of drug-likeness (QED) is 0.696. The zero-order valence-electron chi connectivity index (χ0n) is 14.1. The summed E-state index contributed by atoms with van der Waals surface area (Å²) in [5.74, 6) is -0.862. The monoisotopic (exact) mass is 369 g/mol. The molecule has 0 aliphatic rings. The molecule has 0 radical (unpaired) electrons. The molecule has 1 aromatic rings. The first-order valence-electron chi connectivity index (χ1n) is 7.54. The second-order valence-electron chi connectivity index (χ2n) is 5.63. The van der Waals surface area contributed by atoms with Crippen LogP contribution in [-0.4, -0.2) is 44.9 Å². The maximum atomic E-state index is 12.7. The molecular weight excluding hydrogens is 346 g/mol. The molecule has 0 saturated heterocycles. The SMILES string of the molecule is CSCC[C@@H](NC(=O)C(C)(Cc1ccccc1)SC(C)=O)C(=O)O. The largest absolute Gasteiger partial charge is 0.480 e. The maximum absolute atomic E-state index is 12.7. The van der Waals surface area contributed by atoms with Gasteiger partial charge in [0.05, 0.1) is 0 Å². The van der Waals surface area contributed by atoms with Gasteiger partial charge in [0, 0.05) is 6.92 Å². The number of nitrogens with one attached hydrogen (secondary N) is 1. The summed E-state index contributed by atoms with van der Waals surface area (Å²) >= 11 is 2.45. The van der Waals surface area contributed by atoms with Crippen molar-refractivity contribution in [2.24, 2.45) is 0 Å². The summed E-state index contributed by atoms with van der Waals surface area (Å²) in [6, 6.07) is 8.42. The number of carbonyl (C=O) groups is 3. The lowest BCUT2D eigenvalue weighted by Gasteiger charge is -2.28. The molecule has 7 heteroatoms. The summed E-state index contributed by atoms with van der Waals surface area (Å²) in [6.45, 7) is 3.08. The average Bonchev–Trinajstić information content (AvgIpc) is 2.50. The van der Waals surface area contributed by atoms with Crippen LogP contribution in [-0.2, 0) is 20.8 Å². The molecular formula is C17H23NO4S2. The second kappa shape index (κ2) is 9.74. The Balaban J connectivity index is 2.94. The molecule has 2 atom stereocenters. The highest BCUT2D eigenvalue weighted by Crippen LogP contribution is 2.30. The molecule has 1 unspecified atom stereocenters. The predicted octanol–water partition coefficient (Wildman–Crippen LogP) is 2.59. The van der Waals surface area contributed by atoms with Crippen LogP contribution in [0.15, 0.2) is 30.3 Å². The van der Waals surface area contributed by atoms with Crippen LogP contribution in [0, 0.1) is 0 Å². The number of carboxylic acids is 1. The standard InChI is InChI=1S/C17H23NO4S2/c1-12(19)24-17(2,11-13-7-5-4-6-8-13)16(22)18-14(15(20)21)9-10-23-3/h4-8,14H,9-11H2,1-3H3,(H,18,22)(H,20,21)/t14-,17?/m1/s1. The van der Waals surface area contributed by atoms with Crippen LogP contribution in [0.4, 0.5) is 0 Å². The minimum Gasteiger partial charge on any atom is -0.480 e. The van der Waals surface area contributed by atoms with Crippen molar-refractivity contribution in [2.75, 3.05) is 12.0 Å². The van der Waals surface area contributed by atoms with E-state index in [9.17, 15) is 19.5 Å². The Kier molecular flexibility index (Phi) is 8.35. The fraction of sp³-hybridized carbons (Fsp3) is 0.471. The molecule has 1 rings (SSSR count). The molecule has 0 aliphatic heterocycles. The van der Waals surface area contributed by atoms with Gasteiger partial charge in [-0.3, -0.25) is 9.59 Å². The number of aliphatic carboxylic acids is 1. The van der Waals surface area contributed by atoms with Crippen molar-refractivity contribution in [2.45, 2.75) is 37.5 Å². The Morgan fingerprint density at radius 3 is 2.38 bits per heavy atom. The van der Waals surface area contributed by atoms with Crippen molar-refractivity contribution in [3.63, 3.8) is 0 Å². The number of amides is 1. The van der Waals surface area contributed by atoms with Gasteiger partial charge in [0.25, 0.3) is 0 Å². The van der Waals surface area contributed by atoms with E-state index < -0.39 is 22.7 Å². The van der Waals surface area contributed by atoms with Gasteiger partial charge in [-0.05, 0) is 37.3 Å². The van der Waals surface area contributed by atoms with Crippen LogP contribution < -0.4 is 5.32 Å². The van der Waals surface area contributed by atoms with E-state index in [4.69, 9.17) is 0 Å². The fourth-order valence-corrected chi connectivity index (χ4v) is 3.77. The van der Waals surface area contributed by atoms with Gasteiger partial charge in [-0.15, -0.1) is 0 Å². The van der Waals surface area contributed by atoms with E-state index in [1.54, 1.807) is 6.92 Å². The van der Waals surface area contributed by atoms with E-state index in [0.29, 0.717) is 18.6 Å². The summed E-state index contributed by atoms with van der Waals surface area (Å²) in [6.07, 6.45) is 2.57. The van der Waals surface area contributed by atoms with Crippen molar-refractivity contribution in [1.29, 1.82) is 0 Å². The molecule has 2 N–H and O–H groups in total. The number of thioether (sulfide) groups is 2. The number of benzene rings is 1. The van der Waals surface area contributed by atoms with Crippen molar-refractivity contribution in [3.05, 3.63) is 35.9 Å². The minimum atomic E-state index is -1.06. The van der Waals surface area contributed by atoms with Gasteiger partial charge >= 0.3 is 5.97 Å². The van der Waals surface area contributed by atoms with Crippen molar-refractivity contribution >= 4 is 40.5 Å². The lowest BCUT2D eigenvalue weighted by atomic mass is 9.98. The van der Waals surface area contributed by atoms with E-state index in [1.165, 1.54) is 18.7 Å². The molecule has 5 nitrogen and oxygen atoms in total.